The highest BCUT2D eigenvalue weighted by Gasteiger charge is 2.83. The molecule has 0 atom stereocenters. The number of esters is 1. The van der Waals surface area contributed by atoms with Crippen molar-refractivity contribution in [2.24, 2.45) is 0 Å². The average molecular weight is 566 g/mol. The van der Waals surface area contributed by atoms with Gasteiger partial charge >= 0.3 is 54.3 Å². The summed E-state index contributed by atoms with van der Waals surface area (Å²) in [6, 6.07) is 0. The zero-order chi connectivity index (χ0) is 28.5. The summed E-state index contributed by atoms with van der Waals surface area (Å²) in [7, 11) is 0. The molecule has 0 fully saturated rings. The van der Waals surface area contributed by atoms with Gasteiger partial charge in [-0.05, 0) is 0 Å². The van der Waals surface area contributed by atoms with Crippen LogP contribution in [-0.4, -0.2) is 61.0 Å². The summed E-state index contributed by atoms with van der Waals surface area (Å²) in [5.74, 6) is -23.2. The molecule has 5 nitrogen and oxygen atoms in total. The van der Waals surface area contributed by atoms with Gasteiger partial charge in [-0.3, -0.25) is 4.79 Å². The largest absolute Gasteiger partial charge is 0.462 e. The van der Waals surface area contributed by atoms with E-state index in [9.17, 15) is 79.4 Å². The summed E-state index contributed by atoms with van der Waals surface area (Å²) >= 11 is 0. The molecule has 0 aliphatic rings. The fourth-order valence-corrected chi connectivity index (χ4v) is 1.27. The molecule has 0 aliphatic heterocycles. The highest BCUT2D eigenvalue weighted by atomic mass is 19.4. The summed E-state index contributed by atoms with van der Waals surface area (Å²) in [6.45, 7) is 0.149. The molecule has 0 bridgehead atoms. The maximum Gasteiger partial charge on any atom is 0.462 e. The number of carbonyl (C=O) groups is 1. The van der Waals surface area contributed by atoms with Crippen LogP contribution in [-0.2, 0) is 24.0 Å². The Labute approximate surface area is 180 Å². The second-order valence-corrected chi connectivity index (χ2v) is 5.84. The van der Waals surface area contributed by atoms with Crippen molar-refractivity contribution in [2.45, 2.75) is 54.8 Å². The fourth-order valence-electron chi connectivity index (χ4n) is 1.27. The molecule has 0 heterocycles. The lowest BCUT2D eigenvalue weighted by Gasteiger charge is -2.35. The highest BCUT2D eigenvalue weighted by Crippen LogP contribution is 2.54. The summed E-state index contributed by atoms with van der Waals surface area (Å²) in [4.78, 5) is 14.5. The molecule has 22 heteroatoms. The molecule has 0 saturated heterocycles. The quantitative estimate of drug-likeness (QED) is 0.0913. The van der Waals surface area contributed by atoms with Crippen LogP contribution in [0, 0.1) is 0 Å². The summed E-state index contributed by atoms with van der Waals surface area (Å²) < 4.78 is 222. The van der Waals surface area contributed by atoms with Crippen LogP contribution in [0.5, 0.6) is 0 Å². The Bertz CT molecular complexity index is 760. The number of hydrogen-bond acceptors (Lipinski definition) is 5. The van der Waals surface area contributed by atoms with E-state index in [1.165, 1.54) is 4.74 Å². The number of halogens is 17. The normalized spacial score (nSPS) is 15.2. The highest BCUT2D eigenvalue weighted by molar-refractivity contribution is 5.71. The minimum atomic E-state index is -7.87. The second kappa shape index (κ2) is 9.75. The Balaban J connectivity index is 5.73. The number of hydrogen-bond donors (Lipinski definition) is 0. The third-order valence-electron chi connectivity index (χ3n) is 3.11. The molecule has 0 aromatic carbocycles. The molecule has 0 rings (SSSR count). The molecule has 0 spiro atoms. The van der Waals surface area contributed by atoms with Crippen molar-refractivity contribution in [1.29, 1.82) is 0 Å². The van der Waals surface area contributed by atoms with E-state index in [1.54, 1.807) is 4.89 Å². The first-order valence-corrected chi connectivity index (χ1v) is 7.67. The van der Waals surface area contributed by atoms with Crippen molar-refractivity contribution in [3.63, 3.8) is 0 Å². The smallest absolute Gasteiger partial charge is 0.459 e. The first-order valence-electron chi connectivity index (χ1n) is 7.67. The van der Waals surface area contributed by atoms with Gasteiger partial charge in [0, 0.05) is 0 Å². The van der Waals surface area contributed by atoms with Crippen molar-refractivity contribution in [2.75, 3.05) is 6.61 Å². The first-order chi connectivity index (χ1) is 15.1. The number of alkyl halides is 17. The van der Waals surface area contributed by atoms with Crippen LogP contribution in [0.1, 0.15) is 6.42 Å². The van der Waals surface area contributed by atoms with Gasteiger partial charge in [0.1, 0.15) is 0 Å². The third kappa shape index (κ3) is 6.77. The van der Waals surface area contributed by atoms with Gasteiger partial charge in [-0.25, -0.2) is 4.74 Å². The SMILES string of the molecule is C=CCC(=O)OCC(F)(F)C(F)(F)OOC(F)(F)C(F)(F)C(F)(F)OC(F)(F)C(F)(F)C(F)(F)F. The van der Waals surface area contributed by atoms with Crippen LogP contribution in [0.2, 0.25) is 0 Å². The van der Waals surface area contributed by atoms with Crippen molar-refractivity contribution in [3.05, 3.63) is 12.7 Å². The molecule has 0 aromatic heterocycles. The van der Waals surface area contributed by atoms with Gasteiger partial charge in [0.15, 0.2) is 6.61 Å². The van der Waals surface area contributed by atoms with Gasteiger partial charge in [-0.2, -0.15) is 84.4 Å². The Kier molecular flexibility index (Phi) is 9.16. The molecular weight excluding hydrogens is 559 g/mol. The zero-order valence-electron chi connectivity index (χ0n) is 15.7. The van der Waals surface area contributed by atoms with Gasteiger partial charge < -0.3 is 4.74 Å². The Morgan fingerprint density at radius 1 is 0.629 bits per heavy atom. The maximum absolute atomic E-state index is 13.2. The molecule has 35 heavy (non-hydrogen) atoms. The summed E-state index contributed by atoms with van der Waals surface area (Å²) in [5, 5.41) is 0. The molecule has 0 aromatic rings. The monoisotopic (exact) mass is 566 g/mol. The lowest BCUT2D eigenvalue weighted by Crippen LogP contribution is -2.63. The minimum absolute atomic E-state index is 0.692. The van der Waals surface area contributed by atoms with Crippen LogP contribution in [0.4, 0.5) is 74.6 Å². The molecular formula is C13H7F17O5. The van der Waals surface area contributed by atoms with E-state index in [2.05, 4.69) is 11.3 Å². The first kappa shape index (κ1) is 32.9. The van der Waals surface area contributed by atoms with E-state index in [4.69, 9.17) is 0 Å². The van der Waals surface area contributed by atoms with Gasteiger partial charge in [0.2, 0.25) is 0 Å². The van der Waals surface area contributed by atoms with Gasteiger partial charge in [-0.15, -0.1) is 6.58 Å². The van der Waals surface area contributed by atoms with Gasteiger partial charge in [0.25, 0.3) is 0 Å². The van der Waals surface area contributed by atoms with E-state index in [0.717, 1.165) is 0 Å². The minimum Gasteiger partial charge on any atom is -0.459 e. The Hall–Kier alpha value is -2.10. The molecule has 0 saturated carbocycles. The predicted molar refractivity (Wildman–Crippen MR) is 69.7 cm³/mol. The maximum atomic E-state index is 13.2. The third-order valence-corrected chi connectivity index (χ3v) is 3.11. The lowest BCUT2D eigenvalue weighted by molar-refractivity contribution is -0.593. The number of rotatable bonds is 13. The van der Waals surface area contributed by atoms with E-state index in [-0.39, 0.29) is 0 Å². The number of ether oxygens (including phenoxy) is 2. The average Bonchev–Trinajstić information content (AvgIpc) is 2.63. The van der Waals surface area contributed by atoms with Crippen LogP contribution in [0.3, 0.4) is 0 Å². The molecule has 0 unspecified atom stereocenters. The molecule has 208 valence electrons. The molecule has 0 radical (unpaired) electrons. The Morgan fingerprint density at radius 2 is 1.03 bits per heavy atom. The lowest BCUT2D eigenvalue weighted by atomic mass is 10.2. The van der Waals surface area contributed by atoms with Gasteiger partial charge in [-0.1, -0.05) is 6.08 Å². The van der Waals surface area contributed by atoms with Crippen LogP contribution in [0.15, 0.2) is 12.7 Å². The van der Waals surface area contributed by atoms with E-state index in [1.807, 2.05) is 4.89 Å². The topological polar surface area (TPSA) is 54.0 Å². The summed E-state index contributed by atoms with van der Waals surface area (Å²) in [6.07, 6.45) is -37.2. The van der Waals surface area contributed by atoms with E-state index < -0.39 is 67.4 Å². The van der Waals surface area contributed by atoms with Gasteiger partial charge in [0.05, 0.1) is 6.42 Å². The van der Waals surface area contributed by atoms with Crippen LogP contribution < -0.4 is 0 Å². The van der Waals surface area contributed by atoms with E-state index in [0.29, 0.717) is 6.08 Å². The van der Waals surface area contributed by atoms with Crippen LogP contribution >= 0.6 is 0 Å². The Morgan fingerprint density at radius 3 is 1.43 bits per heavy atom. The molecule has 0 amide bonds. The molecule has 0 aliphatic carbocycles. The second-order valence-electron chi connectivity index (χ2n) is 5.84. The van der Waals surface area contributed by atoms with E-state index >= 15 is 0 Å². The van der Waals surface area contributed by atoms with Crippen LogP contribution in [0.25, 0.3) is 0 Å². The number of carbonyl (C=O) groups excluding carboxylic acids is 1. The van der Waals surface area contributed by atoms with Crippen molar-refractivity contribution < 1.29 is 98.7 Å². The standard InChI is InChI=1S/C13H7F17O5/c1-2-3-5(31)32-4-6(14,15)10(23,24)34-35-13(29,30)8(18,19)12(27,28)33-11(25,26)7(16,17)9(20,21)22/h2H,1,3-4H2. The predicted octanol–water partition coefficient (Wildman–Crippen LogP) is 5.91. The van der Waals surface area contributed by atoms with Crippen molar-refractivity contribution >= 4 is 5.97 Å². The summed E-state index contributed by atoms with van der Waals surface area (Å²) in [5.41, 5.74) is 0. The fraction of sp³-hybridized carbons (Fsp3) is 0.769. The molecule has 0 N–H and O–H groups in total. The zero-order valence-corrected chi connectivity index (χ0v) is 15.7. The van der Waals surface area contributed by atoms with Crippen molar-refractivity contribution in [3.8, 4) is 0 Å². The van der Waals surface area contributed by atoms with Crippen molar-refractivity contribution in [1.82, 2.24) is 0 Å².